The molecule has 3 N–H and O–H groups in total. The maximum atomic E-state index is 14.0. The molecule has 4 nitrogen and oxygen atoms in total. The van der Waals surface area contributed by atoms with Gasteiger partial charge >= 0.3 is 0 Å². The van der Waals surface area contributed by atoms with Gasteiger partial charge < -0.3 is 16.0 Å². The van der Waals surface area contributed by atoms with Gasteiger partial charge in [-0.15, -0.1) is 0 Å². The van der Waals surface area contributed by atoms with Gasteiger partial charge in [0.2, 0.25) is 5.91 Å². The molecule has 1 heterocycles. The van der Waals surface area contributed by atoms with E-state index in [0.717, 1.165) is 19.4 Å². The summed E-state index contributed by atoms with van der Waals surface area (Å²) in [5.74, 6) is -1.58. The van der Waals surface area contributed by atoms with E-state index in [1.54, 1.807) is 0 Å². The quantitative estimate of drug-likeness (QED) is 0.645. The lowest BCUT2D eigenvalue weighted by Gasteiger charge is -2.30. The SMILES string of the molecule is CCC(C)[C@H](N)C(=O)N(Cc1c(F)cccc1F)CC1CC(S)CN1. The van der Waals surface area contributed by atoms with Crippen LogP contribution in [-0.2, 0) is 11.3 Å². The van der Waals surface area contributed by atoms with Crippen LogP contribution in [-0.4, -0.2) is 41.2 Å². The van der Waals surface area contributed by atoms with Crippen molar-refractivity contribution < 1.29 is 13.6 Å². The number of nitrogens with two attached hydrogens (primary N) is 1. The average molecular weight is 371 g/mol. The molecular weight excluding hydrogens is 344 g/mol. The second kappa shape index (κ2) is 8.96. The number of hydrogen-bond donors (Lipinski definition) is 3. The summed E-state index contributed by atoms with van der Waals surface area (Å²) in [4.78, 5) is 14.3. The summed E-state index contributed by atoms with van der Waals surface area (Å²) in [7, 11) is 0. The number of nitrogens with zero attached hydrogens (tertiary/aromatic N) is 1. The smallest absolute Gasteiger partial charge is 0.240 e. The highest BCUT2D eigenvalue weighted by Crippen LogP contribution is 2.20. The van der Waals surface area contributed by atoms with Gasteiger partial charge in [0.15, 0.2) is 0 Å². The number of nitrogens with one attached hydrogen (secondary N) is 1. The molecule has 4 atom stereocenters. The van der Waals surface area contributed by atoms with Gasteiger partial charge in [-0.1, -0.05) is 26.3 Å². The maximum Gasteiger partial charge on any atom is 0.240 e. The maximum absolute atomic E-state index is 14.0. The fourth-order valence-electron chi connectivity index (χ4n) is 3.02. The van der Waals surface area contributed by atoms with Crippen molar-refractivity contribution in [2.75, 3.05) is 13.1 Å². The molecule has 0 saturated carbocycles. The third-order valence-corrected chi connectivity index (χ3v) is 5.30. The number of carbonyl (C=O) groups is 1. The predicted molar refractivity (Wildman–Crippen MR) is 98.4 cm³/mol. The molecule has 1 saturated heterocycles. The fraction of sp³-hybridized carbons (Fsp3) is 0.611. The first-order valence-electron chi connectivity index (χ1n) is 8.72. The topological polar surface area (TPSA) is 58.4 Å². The minimum absolute atomic E-state index is 0.00497. The Bertz CT molecular complexity index is 581. The van der Waals surface area contributed by atoms with Crippen molar-refractivity contribution in [2.24, 2.45) is 11.7 Å². The van der Waals surface area contributed by atoms with Crippen LogP contribution in [0.3, 0.4) is 0 Å². The van der Waals surface area contributed by atoms with Crippen LogP contribution in [0.5, 0.6) is 0 Å². The normalized spacial score (nSPS) is 22.6. The molecule has 0 aliphatic carbocycles. The first kappa shape index (κ1) is 20.1. The van der Waals surface area contributed by atoms with Crippen molar-refractivity contribution in [1.29, 1.82) is 0 Å². The zero-order valence-corrected chi connectivity index (χ0v) is 15.6. The molecule has 7 heteroatoms. The first-order valence-corrected chi connectivity index (χ1v) is 9.23. The van der Waals surface area contributed by atoms with Crippen LogP contribution >= 0.6 is 12.6 Å². The largest absolute Gasteiger partial charge is 0.335 e. The van der Waals surface area contributed by atoms with Gasteiger partial charge in [-0.05, 0) is 24.5 Å². The molecule has 0 aromatic heterocycles. The lowest BCUT2D eigenvalue weighted by molar-refractivity contribution is -0.134. The van der Waals surface area contributed by atoms with E-state index in [1.807, 2.05) is 13.8 Å². The van der Waals surface area contributed by atoms with Crippen molar-refractivity contribution in [1.82, 2.24) is 10.2 Å². The minimum Gasteiger partial charge on any atom is -0.335 e. The van der Waals surface area contributed by atoms with Crippen LogP contribution in [0, 0.1) is 17.6 Å². The molecule has 25 heavy (non-hydrogen) atoms. The number of benzene rings is 1. The molecule has 1 amide bonds. The summed E-state index contributed by atoms with van der Waals surface area (Å²) < 4.78 is 28.1. The number of thiol groups is 1. The van der Waals surface area contributed by atoms with E-state index in [-0.39, 0.29) is 35.2 Å². The van der Waals surface area contributed by atoms with Gasteiger partial charge in [-0.2, -0.15) is 12.6 Å². The molecule has 0 spiro atoms. The fourth-order valence-corrected chi connectivity index (χ4v) is 3.38. The molecule has 1 aliphatic heterocycles. The summed E-state index contributed by atoms with van der Waals surface area (Å²) in [6.45, 7) is 4.84. The van der Waals surface area contributed by atoms with E-state index in [4.69, 9.17) is 5.73 Å². The summed E-state index contributed by atoms with van der Waals surface area (Å²) in [5.41, 5.74) is 5.99. The number of carbonyl (C=O) groups excluding carboxylic acids is 1. The van der Waals surface area contributed by atoms with Crippen LogP contribution in [0.4, 0.5) is 8.78 Å². The number of amides is 1. The highest BCUT2D eigenvalue weighted by Gasteiger charge is 2.30. The van der Waals surface area contributed by atoms with E-state index in [1.165, 1.54) is 23.1 Å². The lowest BCUT2D eigenvalue weighted by Crippen LogP contribution is -2.50. The Morgan fingerprint density at radius 3 is 2.60 bits per heavy atom. The van der Waals surface area contributed by atoms with E-state index in [0.29, 0.717) is 6.54 Å². The lowest BCUT2D eigenvalue weighted by atomic mass is 9.98. The first-order chi connectivity index (χ1) is 11.8. The van der Waals surface area contributed by atoms with Gasteiger partial charge in [0.1, 0.15) is 11.6 Å². The zero-order valence-electron chi connectivity index (χ0n) is 14.7. The molecule has 1 aliphatic rings. The van der Waals surface area contributed by atoms with Gasteiger partial charge in [0, 0.05) is 29.9 Å². The number of halogens is 2. The summed E-state index contributed by atoms with van der Waals surface area (Å²) in [6, 6.07) is 3.08. The molecule has 3 unspecified atom stereocenters. The highest BCUT2D eigenvalue weighted by atomic mass is 32.1. The minimum atomic E-state index is -0.687. The van der Waals surface area contributed by atoms with Crippen LogP contribution in [0.25, 0.3) is 0 Å². The monoisotopic (exact) mass is 371 g/mol. The number of hydrogen-bond acceptors (Lipinski definition) is 4. The van der Waals surface area contributed by atoms with Crippen LogP contribution < -0.4 is 11.1 Å². The Balaban J connectivity index is 2.20. The summed E-state index contributed by atoms with van der Waals surface area (Å²) >= 11 is 4.44. The second-order valence-electron chi connectivity index (χ2n) is 6.82. The molecule has 1 aromatic carbocycles. The summed E-state index contributed by atoms with van der Waals surface area (Å²) in [6.07, 6.45) is 1.56. The van der Waals surface area contributed by atoms with Crippen LogP contribution in [0.2, 0.25) is 0 Å². The van der Waals surface area contributed by atoms with E-state index in [2.05, 4.69) is 17.9 Å². The van der Waals surface area contributed by atoms with Crippen molar-refractivity contribution in [3.8, 4) is 0 Å². The van der Waals surface area contributed by atoms with Crippen LogP contribution in [0.1, 0.15) is 32.3 Å². The van der Waals surface area contributed by atoms with Gasteiger partial charge in [-0.25, -0.2) is 8.78 Å². The van der Waals surface area contributed by atoms with Crippen molar-refractivity contribution in [2.45, 2.75) is 50.6 Å². The van der Waals surface area contributed by atoms with Gasteiger partial charge in [0.25, 0.3) is 0 Å². The Hall–Kier alpha value is -1.18. The van der Waals surface area contributed by atoms with E-state index >= 15 is 0 Å². The van der Waals surface area contributed by atoms with E-state index < -0.39 is 17.7 Å². The molecular formula is C18H27F2N3OS. The van der Waals surface area contributed by atoms with Crippen molar-refractivity contribution in [3.63, 3.8) is 0 Å². The Kier molecular flexibility index (Phi) is 7.22. The molecule has 0 radical (unpaired) electrons. The van der Waals surface area contributed by atoms with Crippen LogP contribution in [0.15, 0.2) is 18.2 Å². The molecule has 140 valence electrons. The zero-order chi connectivity index (χ0) is 18.6. The number of rotatable bonds is 7. The van der Waals surface area contributed by atoms with Crippen molar-refractivity contribution >= 4 is 18.5 Å². The average Bonchev–Trinajstić information content (AvgIpc) is 3.00. The Morgan fingerprint density at radius 2 is 2.08 bits per heavy atom. The molecule has 1 aromatic rings. The second-order valence-corrected chi connectivity index (χ2v) is 7.56. The van der Waals surface area contributed by atoms with Crippen molar-refractivity contribution in [3.05, 3.63) is 35.4 Å². The van der Waals surface area contributed by atoms with Gasteiger partial charge in [-0.3, -0.25) is 4.79 Å². The molecule has 0 bridgehead atoms. The Labute approximate surface area is 153 Å². The van der Waals surface area contributed by atoms with Gasteiger partial charge in [0.05, 0.1) is 12.6 Å². The predicted octanol–water partition coefficient (Wildman–Crippen LogP) is 2.33. The highest BCUT2D eigenvalue weighted by molar-refractivity contribution is 7.81. The third kappa shape index (κ3) is 5.15. The molecule has 2 rings (SSSR count). The molecule has 1 fully saturated rings. The summed E-state index contributed by atoms with van der Waals surface area (Å²) in [5, 5.41) is 3.51. The third-order valence-electron chi connectivity index (χ3n) is 4.90. The Morgan fingerprint density at radius 1 is 1.44 bits per heavy atom. The van der Waals surface area contributed by atoms with E-state index in [9.17, 15) is 13.6 Å². The standard InChI is InChI=1S/C18H27F2N3OS/c1-3-11(2)17(21)18(24)23(9-12-7-13(25)8-22-12)10-14-15(19)5-4-6-16(14)20/h4-6,11-13,17,22,25H,3,7-10,21H2,1-2H3/t11?,12?,13?,17-/m0/s1.